The zero-order valence-corrected chi connectivity index (χ0v) is 14.5. The Kier molecular flexibility index (Phi) is 5.28. The number of anilines is 1. The van der Waals surface area contributed by atoms with E-state index in [0.717, 1.165) is 32.6 Å². The maximum atomic E-state index is 14.5. The van der Waals surface area contributed by atoms with Crippen LogP contribution >= 0.6 is 0 Å². The molecule has 8 heteroatoms. The summed E-state index contributed by atoms with van der Waals surface area (Å²) in [6.07, 6.45) is 2.29. The molecule has 1 N–H and O–H groups in total. The third-order valence-electron chi connectivity index (χ3n) is 4.44. The quantitative estimate of drug-likeness (QED) is 0.891. The number of carbonyl (C=O) groups is 1. The van der Waals surface area contributed by atoms with Crippen molar-refractivity contribution in [3.05, 3.63) is 24.3 Å². The number of hydrogen-bond acceptors (Lipinski definition) is 6. The molecular formula is C17H22FN5O2. The van der Waals surface area contributed by atoms with Gasteiger partial charge >= 0.3 is 0 Å². The molecule has 1 aromatic heterocycles. The maximum Gasteiger partial charge on any atom is 0.233 e. The number of ether oxygens (including phenoxy) is 1. The molecule has 2 heterocycles. The van der Waals surface area contributed by atoms with Gasteiger partial charge in [0.15, 0.2) is 11.6 Å². The molecule has 7 nitrogen and oxygen atoms in total. The van der Waals surface area contributed by atoms with Gasteiger partial charge < -0.3 is 15.0 Å². The van der Waals surface area contributed by atoms with Crippen molar-refractivity contribution < 1.29 is 13.9 Å². The van der Waals surface area contributed by atoms with Crippen molar-refractivity contribution >= 4 is 22.6 Å². The molecule has 134 valence electrons. The number of halogens is 1. The largest absolute Gasteiger partial charge is 0.494 e. The van der Waals surface area contributed by atoms with Crippen LogP contribution in [0.3, 0.4) is 0 Å². The number of nitrogens with zero attached hydrogens (tertiary/aromatic N) is 4. The third-order valence-corrected chi connectivity index (χ3v) is 4.44. The summed E-state index contributed by atoms with van der Waals surface area (Å²) in [6.45, 7) is 3.49. The number of carbonyl (C=O) groups excluding carboxylic acids is 1. The second-order valence-corrected chi connectivity index (χ2v) is 5.97. The van der Waals surface area contributed by atoms with Crippen molar-refractivity contribution in [3.8, 4) is 5.75 Å². The average molecular weight is 347 g/mol. The van der Waals surface area contributed by atoms with Crippen LogP contribution in [-0.4, -0.2) is 67.7 Å². The summed E-state index contributed by atoms with van der Waals surface area (Å²) in [6, 6.07) is 3.39. The SMILES string of the molecule is CNC(=O)CN1CCCN(c2ncnc3c(F)c(OC)ccc23)CC1. The standard InChI is InChI=1S/C17H22FN5O2/c1-19-14(24)10-22-6-3-7-23(9-8-22)17-12-4-5-13(25-2)15(18)16(12)20-11-21-17/h4-5,11H,3,6-10H2,1-2H3,(H,19,24). The molecule has 0 unspecified atom stereocenters. The van der Waals surface area contributed by atoms with E-state index < -0.39 is 5.82 Å². The smallest absolute Gasteiger partial charge is 0.233 e. The number of hydrogen-bond donors (Lipinski definition) is 1. The van der Waals surface area contributed by atoms with Gasteiger partial charge in [-0.25, -0.2) is 14.4 Å². The molecule has 0 radical (unpaired) electrons. The molecule has 0 saturated carbocycles. The predicted octanol–water partition coefficient (Wildman–Crippen LogP) is 1.04. The Hall–Kier alpha value is -2.48. The highest BCUT2D eigenvalue weighted by Gasteiger charge is 2.21. The fraction of sp³-hybridized carbons (Fsp3) is 0.471. The first kappa shape index (κ1) is 17.3. The Bertz CT molecular complexity index is 770. The number of benzene rings is 1. The van der Waals surface area contributed by atoms with E-state index in [-0.39, 0.29) is 17.2 Å². The first-order valence-corrected chi connectivity index (χ1v) is 8.29. The third kappa shape index (κ3) is 3.63. The lowest BCUT2D eigenvalue weighted by Crippen LogP contribution is -2.38. The summed E-state index contributed by atoms with van der Waals surface area (Å²) in [5.41, 5.74) is 0.260. The van der Waals surface area contributed by atoms with Gasteiger partial charge in [0, 0.05) is 38.6 Å². The normalized spacial score (nSPS) is 15.9. The van der Waals surface area contributed by atoms with Gasteiger partial charge in [-0.15, -0.1) is 0 Å². The minimum absolute atomic E-state index is 0.00935. The summed E-state index contributed by atoms with van der Waals surface area (Å²) in [4.78, 5) is 24.3. The lowest BCUT2D eigenvalue weighted by Gasteiger charge is -2.23. The summed E-state index contributed by atoms with van der Waals surface area (Å²) >= 11 is 0. The Morgan fingerprint density at radius 3 is 2.88 bits per heavy atom. The second-order valence-electron chi connectivity index (χ2n) is 5.97. The Morgan fingerprint density at radius 2 is 2.12 bits per heavy atom. The lowest BCUT2D eigenvalue weighted by atomic mass is 10.2. The van der Waals surface area contributed by atoms with Crippen LogP contribution in [0.4, 0.5) is 10.2 Å². The second kappa shape index (κ2) is 7.60. The summed E-state index contributed by atoms with van der Waals surface area (Å²) in [5, 5.41) is 3.32. The first-order chi connectivity index (χ1) is 12.1. The van der Waals surface area contributed by atoms with Crippen LogP contribution in [0.5, 0.6) is 5.75 Å². The van der Waals surface area contributed by atoms with Crippen LogP contribution in [0.2, 0.25) is 0 Å². The van der Waals surface area contributed by atoms with Crippen molar-refractivity contribution in [1.29, 1.82) is 0 Å². The number of fused-ring (bicyclic) bond motifs is 1. The molecule has 0 spiro atoms. The average Bonchev–Trinajstić information content (AvgIpc) is 2.87. The molecule has 1 saturated heterocycles. The van der Waals surface area contributed by atoms with E-state index in [4.69, 9.17) is 4.74 Å². The van der Waals surface area contributed by atoms with Crippen molar-refractivity contribution in [2.24, 2.45) is 0 Å². The molecule has 0 aliphatic carbocycles. The van der Waals surface area contributed by atoms with Gasteiger partial charge in [0.2, 0.25) is 5.91 Å². The fourth-order valence-electron chi connectivity index (χ4n) is 3.10. The molecule has 1 aliphatic heterocycles. The monoisotopic (exact) mass is 347 g/mol. The van der Waals surface area contributed by atoms with Crippen molar-refractivity contribution in [2.75, 3.05) is 51.8 Å². The fourth-order valence-corrected chi connectivity index (χ4v) is 3.10. The summed E-state index contributed by atoms with van der Waals surface area (Å²) in [5.74, 6) is 0.424. The molecule has 0 bridgehead atoms. The highest BCUT2D eigenvalue weighted by atomic mass is 19.1. The zero-order chi connectivity index (χ0) is 17.8. The molecule has 2 aromatic rings. The summed E-state index contributed by atoms with van der Waals surface area (Å²) in [7, 11) is 3.07. The van der Waals surface area contributed by atoms with E-state index in [1.165, 1.54) is 13.4 Å². The number of rotatable bonds is 4. The minimum atomic E-state index is -0.472. The Morgan fingerprint density at radius 1 is 1.28 bits per heavy atom. The van der Waals surface area contributed by atoms with Crippen LogP contribution in [0.1, 0.15) is 6.42 Å². The van der Waals surface area contributed by atoms with Crippen molar-refractivity contribution in [3.63, 3.8) is 0 Å². The molecule has 1 aromatic carbocycles. The molecule has 3 rings (SSSR count). The van der Waals surface area contributed by atoms with Gasteiger partial charge in [-0.2, -0.15) is 0 Å². The number of methoxy groups -OCH3 is 1. The Balaban J connectivity index is 1.84. The zero-order valence-electron chi connectivity index (χ0n) is 14.5. The van der Waals surface area contributed by atoms with Crippen LogP contribution in [-0.2, 0) is 4.79 Å². The number of aromatic nitrogens is 2. The first-order valence-electron chi connectivity index (χ1n) is 8.29. The van der Waals surface area contributed by atoms with Crippen molar-refractivity contribution in [1.82, 2.24) is 20.2 Å². The summed E-state index contributed by atoms with van der Waals surface area (Å²) < 4.78 is 19.5. The van der Waals surface area contributed by atoms with Gasteiger partial charge in [0.1, 0.15) is 17.7 Å². The number of nitrogens with one attached hydrogen (secondary N) is 1. The van der Waals surface area contributed by atoms with Crippen LogP contribution < -0.4 is 15.0 Å². The molecule has 1 amide bonds. The highest BCUT2D eigenvalue weighted by molar-refractivity contribution is 5.90. The maximum absolute atomic E-state index is 14.5. The van der Waals surface area contributed by atoms with E-state index in [1.807, 2.05) is 0 Å². The van der Waals surface area contributed by atoms with Crippen LogP contribution in [0, 0.1) is 5.82 Å². The van der Waals surface area contributed by atoms with E-state index >= 15 is 0 Å². The predicted molar refractivity (Wildman–Crippen MR) is 93.4 cm³/mol. The van der Waals surface area contributed by atoms with E-state index in [0.29, 0.717) is 17.7 Å². The van der Waals surface area contributed by atoms with E-state index in [9.17, 15) is 9.18 Å². The van der Waals surface area contributed by atoms with Gasteiger partial charge in [0.25, 0.3) is 0 Å². The van der Waals surface area contributed by atoms with E-state index in [1.54, 1.807) is 19.2 Å². The van der Waals surface area contributed by atoms with Gasteiger partial charge in [-0.1, -0.05) is 0 Å². The molecule has 1 aliphatic rings. The highest BCUT2D eigenvalue weighted by Crippen LogP contribution is 2.30. The van der Waals surface area contributed by atoms with Crippen molar-refractivity contribution in [2.45, 2.75) is 6.42 Å². The number of amides is 1. The van der Waals surface area contributed by atoms with Gasteiger partial charge in [0.05, 0.1) is 13.7 Å². The topological polar surface area (TPSA) is 70.6 Å². The lowest BCUT2D eigenvalue weighted by molar-refractivity contribution is -0.121. The van der Waals surface area contributed by atoms with Crippen LogP contribution in [0.25, 0.3) is 10.9 Å². The van der Waals surface area contributed by atoms with Crippen LogP contribution in [0.15, 0.2) is 18.5 Å². The number of likely N-dealkylation sites (N-methyl/N-ethyl adjacent to an activating group) is 1. The molecule has 25 heavy (non-hydrogen) atoms. The van der Waals surface area contributed by atoms with Gasteiger partial charge in [-0.05, 0) is 18.6 Å². The Labute approximate surface area is 145 Å². The van der Waals surface area contributed by atoms with E-state index in [2.05, 4.69) is 25.1 Å². The van der Waals surface area contributed by atoms with Gasteiger partial charge in [-0.3, -0.25) is 9.69 Å². The molecule has 0 atom stereocenters. The minimum Gasteiger partial charge on any atom is -0.494 e. The molecule has 1 fully saturated rings. The molecular weight excluding hydrogens is 325 g/mol.